The molecule has 0 spiro atoms. The third-order valence-corrected chi connectivity index (χ3v) is 4.83. The molecule has 3 atom stereocenters. The molecule has 2 amide bonds. The van der Waals surface area contributed by atoms with Crippen molar-refractivity contribution in [2.75, 3.05) is 6.54 Å². The predicted octanol–water partition coefficient (Wildman–Crippen LogP) is 2.95. The van der Waals surface area contributed by atoms with Crippen molar-refractivity contribution in [1.82, 2.24) is 10.6 Å². The molecule has 1 aromatic heterocycles. The molecule has 0 radical (unpaired) electrons. The second-order valence-electron chi connectivity index (χ2n) is 6.08. The van der Waals surface area contributed by atoms with Gasteiger partial charge in [0.2, 0.25) is 0 Å². The van der Waals surface area contributed by atoms with Gasteiger partial charge in [-0.3, -0.25) is 0 Å². The number of rotatable bonds is 5. The summed E-state index contributed by atoms with van der Waals surface area (Å²) in [6.45, 7) is 1.78. The van der Waals surface area contributed by atoms with Crippen molar-refractivity contribution >= 4 is 17.4 Å². The van der Waals surface area contributed by atoms with E-state index in [4.69, 9.17) is 0 Å². The number of hydrogen-bond acceptors (Lipinski definition) is 3. The molecule has 1 saturated carbocycles. The van der Waals surface area contributed by atoms with Crippen molar-refractivity contribution in [1.29, 1.82) is 0 Å². The van der Waals surface area contributed by atoms with Gasteiger partial charge in [-0.25, -0.2) is 9.18 Å². The zero-order valence-electron chi connectivity index (χ0n) is 12.8. The van der Waals surface area contributed by atoms with Gasteiger partial charge in [-0.2, -0.15) is 11.3 Å². The van der Waals surface area contributed by atoms with Crippen LogP contribution >= 0.6 is 11.3 Å². The summed E-state index contributed by atoms with van der Waals surface area (Å²) >= 11 is 1.50. The van der Waals surface area contributed by atoms with Gasteiger partial charge in [0.15, 0.2) is 0 Å². The van der Waals surface area contributed by atoms with Gasteiger partial charge in [-0.1, -0.05) is 18.2 Å². The largest absolute Gasteiger partial charge is 0.384 e. The second kappa shape index (κ2) is 6.29. The van der Waals surface area contributed by atoms with Crippen LogP contribution in [-0.2, 0) is 5.60 Å². The Morgan fingerprint density at radius 3 is 2.91 bits per heavy atom. The second-order valence-corrected chi connectivity index (χ2v) is 6.86. The molecule has 4 nitrogen and oxygen atoms in total. The van der Waals surface area contributed by atoms with Crippen molar-refractivity contribution in [3.8, 4) is 0 Å². The summed E-state index contributed by atoms with van der Waals surface area (Å²) < 4.78 is 13.7. The van der Waals surface area contributed by atoms with Gasteiger partial charge >= 0.3 is 6.03 Å². The molecule has 0 aliphatic heterocycles. The number of nitrogens with one attached hydrogen (secondary N) is 2. The summed E-state index contributed by atoms with van der Waals surface area (Å²) in [5.74, 6) is -0.207. The van der Waals surface area contributed by atoms with E-state index in [0.717, 1.165) is 12.0 Å². The number of benzene rings is 1. The summed E-state index contributed by atoms with van der Waals surface area (Å²) in [7, 11) is 0. The van der Waals surface area contributed by atoms with Crippen LogP contribution in [0.4, 0.5) is 9.18 Å². The van der Waals surface area contributed by atoms with Crippen LogP contribution in [-0.4, -0.2) is 23.7 Å². The van der Waals surface area contributed by atoms with E-state index in [-0.39, 0.29) is 30.4 Å². The van der Waals surface area contributed by atoms with Gasteiger partial charge in [0.25, 0.3) is 0 Å². The fraction of sp³-hybridized carbons (Fsp3) is 0.353. The van der Waals surface area contributed by atoms with E-state index in [0.29, 0.717) is 5.56 Å². The Labute approximate surface area is 138 Å². The Balaban J connectivity index is 1.49. The first kappa shape index (κ1) is 16.0. The molecular weight excluding hydrogens is 315 g/mol. The maximum absolute atomic E-state index is 13.7. The van der Waals surface area contributed by atoms with Crippen LogP contribution in [0.25, 0.3) is 0 Å². The smallest absolute Gasteiger partial charge is 0.315 e. The Morgan fingerprint density at radius 1 is 1.43 bits per heavy atom. The first-order valence-corrected chi connectivity index (χ1v) is 8.45. The molecule has 1 aliphatic rings. The van der Waals surface area contributed by atoms with Crippen LogP contribution in [0.3, 0.4) is 0 Å². The van der Waals surface area contributed by atoms with Crippen LogP contribution in [0, 0.1) is 5.82 Å². The summed E-state index contributed by atoms with van der Waals surface area (Å²) in [5.41, 5.74) is 0.313. The van der Waals surface area contributed by atoms with E-state index in [2.05, 4.69) is 10.6 Å². The highest BCUT2D eigenvalue weighted by molar-refractivity contribution is 7.08. The lowest BCUT2D eigenvalue weighted by Gasteiger charge is -2.22. The molecule has 0 unspecified atom stereocenters. The van der Waals surface area contributed by atoms with Crippen LogP contribution in [0.2, 0.25) is 0 Å². The molecule has 1 aliphatic carbocycles. The van der Waals surface area contributed by atoms with E-state index < -0.39 is 5.60 Å². The number of carbonyl (C=O) groups is 1. The van der Waals surface area contributed by atoms with E-state index in [1.54, 1.807) is 25.1 Å². The highest BCUT2D eigenvalue weighted by Crippen LogP contribution is 2.41. The van der Waals surface area contributed by atoms with Gasteiger partial charge in [0.05, 0.1) is 6.54 Å². The molecule has 122 valence electrons. The fourth-order valence-corrected chi connectivity index (χ4v) is 3.40. The first-order chi connectivity index (χ1) is 11.0. The van der Waals surface area contributed by atoms with Gasteiger partial charge in [0, 0.05) is 12.0 Å². The molecule has 0 saturated heterocycles. The lowest BCUT2D eigenvalue weighted by Crippen LogP contribution is -2.44. The molecule has 1 aromatic carbocycles. The summed E-state index contributed by atoms with van der Waals surface area (Å²) in [5, 5.41) is 19.6. The monoisotopic (exact) mass is 334 g/mol. The van der Waals surface area contributed by atoms with Crippen LogP contribution in [0.5, 0.6) is 0 Å². The minimum absolute atomic E-state index is 0.0272. The summed E-state index contributed by atoms with van der Waals surface area (Å²) in [6, 6.07) is 8.07. The van der Waals surface area contributed by atoms with Gasteiger partial charge in [-0.05, 0) is 47.4 Å². The SMILES string of the molecule is C[C@](O)(CNC(=O)N[C@@H]1C[C@@H]1c1ccccc1F)c1ccsc1. The topological polar surface area (TPSA) is 61.4 Å². The van der Waals surface area contributed by atoms with Crippen molar-refractivity contribution in [2.24, 2.45) is 0 Å². The number of halogens is 1. The Morgan fingerprint density at radius 2 is 2.22 bits per heavy atom. The van der Waals surface area contributed by atoms with Crippen molar-refractivity contribution in [3.63, 3.8) is 0 Å². The minimum Gasteiger partial charge on any atom is -0.384 e. The molecular formula is C17H19FN2O2S. The normalized spacial score (nSPS) is 22.2. The highest BCUT2D eigenvalue weighted by atomic mass is 32.1. The molecule has 6 heteroatoms. The van der Waals surface area contributed by atoms with Crippen LogP contribution in [0.15, 0.2) is 41.1 Å². The van der Waals surface area contributed by atoms with Crippen LogP contribution < -0.4 is 10.6 Å². The Kier molecular flexibility index (Phi) is 4.37. The lowest BCUT2D eigenvalue weighted by atomic mass is 9.99. The van der Waals surface area contributed by atoms with Gasteiger partial charge in [0.1, 0.15) is 11.4 Å². The zero-order valence-corrected chi connectivity index (χ0v) is 13.6. The van der Waals surface area contributed by atoms with Crippen LogP contribution in [0.1, 0.15) is 30.4 Å². The maximum atomic E-state index is 13.7. The zero-order chi connectivity index (χ0) is 16.4. The summed E-state index contributed by atoms with van der Waals surface area (Å²) in [6.07, 6.45) is 0.731. The third-order valence-electron chi connectivity index (χ3n) is 4.15. The quantitative estimate of drug-likeness (QED) is 0.787. The standard InChI is InChI=1S/C17H19FN2O2S/c1-17(22,11-6-7-23-9-11)10-19-16(21)20-15-8-13(15)12-4-2-3-5-14(12)18/h2-7,9,13,15,22H,8,10H2,1H3,(H2,19,20,21)/t13-,15-,17+/m1/s1. The number of carbonyl (C=O) groups excluding carboxylic acids is 1. The van der Waals surface area contributed by atoms with Gasteiger partial charge in [-0.15, -0.1) is 0 Å². The number of hydrogen-bond donors (Lipinski definition) is 3. The number of aliphatic hydroxyl groups is 1. The third kappa shape index (κ3) is 3.71. The Hall–Kier alpha value is -1.92. The molecule has 1 heterocycles. The number of thiophene rings is 1. The van der Waals surface area contributed by atoms with E-state index in [9.17, 15) is 14.3 Å². The maximum Gasteiger partial charge on any atom is 0.315 e. The summed E-state index contributed by atoms with van der Waals surface area (Å²) in [4.78, 5) is 11.9. The molecule has 0 bridgehead atoms. The molecule has 3 N–H and O–H groups in total. The molecule has 1 fully saturated rings. The average Bonchev–Trinajstić information content (AvgIpc) is 3.03. The van der Waals surface area contributed by atoms with Crippen molar-refractivity contribution < 1.29 is 14.3 Å². The number of urea groups is 1. The molecule has 2 aromatic rings. The van der Waals surface area contributed by atoms with Gasteiger partial charge < -0.3 is 15.7 Å². The minimum atomic E-state index is -1.11. The van der Waals surface area contributed by atoms with E-state index in [1.807, 2.05) is 16.8 Å². The number of amides is 2. The average molecular weight is 334 g/mol. The predicted molar refractivity (Wildman–Crippen MR) is 88.0 cm³/mol. The molecule has 3 rings (SSSR count). The van der Waals surface area contributed by atoms with E-state index >= 15 is 0 Å². The first-order valence-electron chi connectivity index (χ1n) is 7.51. The Bertz CT molecular complexity index is 688. The van der Waals surface area contributed by atoms with Crippen molar-refractivity contribution in [2.45, 2.75) is 30.9 Å². The highest BCUT2D eigenvalue weighted by Gasteiger charge is 2.41. The van der Waals surface area contributed by atoms with E-state index in [1.165, 1.54) is 17.4 Å². The fourth-order valence-electron chi connectivity index (χ4n) is 2.62. The molecule has 23 heavy (non-hydrogen) atoms. The van der Waals surface area contributed by atoms with Crippen molar-refractivity contribution in [3.05, 3.63) is 58.0 Å². The lowest BCUT2D eigenvalue weighted by molar-refractivity contribution is 0.0598.